The molecular weight excluding hydrogens is 184 g/mol. The Morgan fingerprint density at radius 3 is 2.64 bits per heavy atom. The van der Waals surface area contributed by atoms with Crippen molar-refractivity contribution in [3.8, 4) is 0 Å². The lowest BCUT2D eigenvalue weighted by Gasteiger charge is -2.04. The van der Waals surface area contributed by atoms with Gasteiger partial charge in [0.1, 0.15) is 5.78 Å². The smallest absolute Gasteiger partial charge is 0.303 e. The molecule has 0 amide bonds. The topological polar surface area (TPSA) is 61.1 Å². The number of aromatic nitrogens is 2. The maximum Gasteiger partial charge on any atom is 0.330 e. The van der Waals surface area contributed by atoms with Gasteiger partial charge in [-0.05, 0) is 6.92 Å². The maximum atomic E-state index is 11.4. The van der Waals surface area contributed by atoms with Crippen LogP contribution in [0.3, 0.4) is 0 Å². The zero-order valence-corrected chi connectivity index (χ0v) is 8.19. The summed E-state index contributed by atoms with van der Waals surface area (Å²) in [7, 11) is 1.56. The number of hydrogen-bond acceptors (Lipinski definition) is 3. The summed E-state index contributed by atoms with van der Waals surface area (Å²) in [5.74, 6) is -0.0391. The Labute approximate surface area is 80.6 Å². The molecule has 0 aliphatic rings. The second-order valence-electron chi connectivity index (χ2n) is 3.15. The van der Waals surface area contributed by atoms with Crippen LogP contribution in [0.5, 0.6) is 0 Å². The van der Waals surface area contributed by atoms with Crippen molar-refractivity contribution in [3.05, 3.63) is 33.1 Å². The Morgan fingerprint density at radius 2 is 2.07 bits per heavy atom. The van der Waals surface area contributed by atoms with Crippen molar-refractivity contribution in [2.45, 2.75) is 19.9 Å². The number of Topliss-reactive ketones (excluding diaryl/α,β-unsaturated/α-hetero) is 1. The van der Waals surface area contributed by atoms with Crippen molar-refractivity contribution in [1.29, 1.82) is 0 Å². The predicted molar refractivity (Wildman–Crippen MR) is 51.2 cm³/mol. The van der Waals surface area contributed by atoms with Crippen molar-refractivity contribution >= 4 is 5.78 Å². The van der Waals surface area contributed by atoms with Crippen LogP contribution in [0.4, 0.5) is 0 Å². The van der Waals surface area contributed by atoms with Crippen LogP contribution in [0.1, 0.15) is 13.3 Å². The molecule has 0 spiro atoms. The van der Waals surface area contributed by atoms with E-state index in [1.165, 1.54) is 23.8 Å². The lowest BCUT2D eigenvalue weighted by atomic mass is 10.3. The third-order valence-electron chi connectivity index (χ3n) is 1.93. The van der Waals surface area contributed by atoms with E-state index in [1.54, 1.807) is 7.05 Å². The van der Waals surface area contributed by atoms with Crippen LogP contribution in [0, 0.1) is 0 Å². The molecule has 0 aromatic carbocycles. The van der Waals surface area contributed by atoms with Gasteiger partial charge >= 0.3 is 5.69 Å². The van der Waals surface area contributed by atoms with Gasteiger partial charge in [-0.3, -0.25) is 14.2 Å². The van der Waals surface area contributed by atoms with E-state index in [2.05, 4.69) is 0 Å². The molecule has 5 nitrogen and oxygen atoms in total. The second-order valence-corrected chi connectivity index (χ2v) is 3.15. The molecule has 0 fully saturated rings. The number of hydrogen-bond donors (Lipinski definition) is 0. The monoisotopic (exact) mass is 196 g/mol. The molecule has 14 heavy (non-hydrogen) atoms. The van der Waals surface area contributed by atoms with Crippen LogP contribution < -0.4 is 11.2 Å². The van der Waals surface area contributed by atoms with Crippen LogP contribution in [0.2, 0.25) is 0 Å². The Bertz CT molecular complexity index is 456. The highest BCUT2D eigenvalue weighted by Gasteiger charge is 2.03. The van der Waals surface area contributed by atoms with E-state index in [0.717, 1.165) is 4.57 Å². The zero-order valence-electron chi connectivity index (χ0n) is 8.19. The molecule has 76 valence electrons. The molecule has 1 aromatic rings. The first-order valence-corrected chi connectivity index (χ1v) is 4.28. The minimum absolute atomic E-state index is 0.0391. The van der Waals surface area contributed by atoms with Gasteiger partial charge in [-0.2, -0.15) is 0 Å². The van der Waals surface area contributed by atoms with Gasteiger partial charge in [0.25, 0.3) is 5.56 Å². The van der Waals surface area contributed by atoms with Gasteiger partial charge in [-0.1, -0.05) is 0 Å². The Hall–Kier alpha value is -1.65. The summed E-state index contributed by atoms with van der Waals surface area (Å²) in [6, 6.07) is 1.31. The molecule has 1 aromatic heterocycles. The Kier molecular flexibility index (Phi) is 3.01. The number of carbonyl (C=O) groups is 1. The number of carbonyl (C=O) groups excluding carboxylic acids is 1. The summed E-state index contributed by atoms with van der Waals surface area (Å²) < 4.78 is 2.36. The molecule has 0 unspecified atom stereocenters. The van der Waals surface area contributed by atoms with Gasteiger partial charge in [0.15, 0.2) is 0 Å². The van der Waals surface area contributed by atoms with E-state index >= 15 is 0 Å². The lowest BCUT2D eigenvalue weighted by molar-refractivity contribution is -0.117. The van der Waals surface area contributed by atoms with E-state index < -0.39 is 5.69 Å². The first-order chi connectivity index (χ1) is 6.52. The van der Waals surface area contributed by atoms with Gasteiger partial charge in [0, 0.05) is 32.3 Å². The highest BCUT2D eigenvalue weighted by atomic mass is 16.2. The lowest BCUT2D eigenvalue weighted by Crippen LogP contribution is -2.38. The maximum absolute atomic E-state index is 11.4. The normalized spacial score (nSPS) is 10.1. The molecule has 1 rings (SSSR count). The standard InChI is InChI=1S/C9H12N2O3/c1-7(12)3-6-11-8(13)4-5-10(2)9(11)14/h4-5H,3,6H2,1-2H3. The number of aryl methyl sites for hydroxylation is 1. The Morgan fingerprint density at radius 1 is 1.43 bits per heavy atom. The number of ketones is 1. The summed E-state index contributed by atoms with van der Waals surface area (Å²) in [6.07, 6.45) is 1.62. The van der Waals surface area contributed by atoms with E-state index in [1.807, 2.05) is 0 Å². The fourth-order valence-corrected chi connectivity index (χ4v) is 1.09. The molecule has 0 aliphatic heterocycles. The van der Waals surface area contributed by atoms with Gasteiger partial charge in [0.05, 0.1) is 0 Å². The molecule has 0 aliphatic carbocycles. The molecule has 5 heteroatoms. The highest BCUT2D eigenvalue weighted by molar-refractivity contribution is 5.75. The van der Waals surface area contributed by atoms with Crippen molar-refractivity contribution in [3.63, 3.8) is 0 Å². The quantitative estimate of drug-likeness (QED) is 0.656. The van der Waals surface area contributed by atoms with Crippen molar-refractivity contribution < 1.29 is 4.79 Å². The summed E-state index contributed by atoms with van der Waals surface area (Å²) in [4.78, 5) is 33.4. The second kappa shape index (κ2) is 4.04. The SMILES string of the molecule is CC(=O)CCn1c(=O)ccn(C)c1=O. The van der Waals surface area contributed by atoms with Crippen LogP contribution in [-0.4, -0.2) is 14.9 Å². The third kappa shape index (κ3) is 2.18. The van der Waals surface area contributed by atoms with Crippen LogP contribution >= 0.6 is 0 Å². The van der Waals surface area contributed by atoms with Crippen LogP contribution in [0.15, 0.2) is 21.9 Å². The average molecular weight is 196 g/mol. The molecule has 0 radical (unpaired) electrons. The van der Waals surface area contributed by atoms with E-state index in [0.29, 0.717) is 0 Å². The average Bonchev–Trinajstić information content (AvgIpc) is 2.11. The summed E-state index contributed by atoms with van der Waals surface area (Å²) >= 11 is 0. The first-order valence-electron chi connectivity index (χ1n) is 4.28. The largest absolute Gasteiger partial charge is 0.330 e. The van der Waals surface area contributed by atoms with E-state index in [-0.39, 0.29) is 24.3 Å². The number of nitrogens with zero attached hydrogens (tertiary/aromatic N) is 2. The first kappa shape index (κ1) is 10.4. The molecule has 0 N–H and O–H groups in total. The summed E-state index contributed by atoms with van der Waals surface area (Å²) in [6.45, 7) is 1.58. The highest BCUT2D eigenvalue weighted by Crippen LogP contribution is 1.84. The summed E-state index contributed by atoms with van der Waals surface area (Å²) in [5, 5.41) is 0. The molecule has 0 saturated carbocycles. The molecular formula is C9H12N2O3. The number of rotatable bonds is 3. The van der Waals surface area contributed by atoms with Crippen molar-refractivity contribution in [2.75, 3.05) is 0 Å². The van der Waals surface area contributed by atoms with Gasteiger partial charge in [0.2, 0.25) is 0 Å². The van der Waals surface area contributed by atoms with Gasteiger partial charge in [-0.15, -0.1) is 0 Å². The fourth-order valence-electron chi connectivity index (χ4n) is 1.09. The molecule has 0 saturated heterocycles. The third-order valence-corrected chi connectivity index (χ3v) is 1.93. The van der Waals surface area contributed by atoms with E-state index in [4.69, 9.17) is 0 Å². The molecule has 0 atom stereocenters. The van der Waals surface area contributed by atoms with Crippen molar-refractivity contribution in [1.82, 2.24) is 9.13 Å². The fraction of sp³-hybridized carbons (Fsp3) is 0.444. The van der Waals surface area contributed by atoms with Crippen LogP contribution in [0.25, 0.3) is 0 Å². The Balaban J connectivity index is 3.08. The minimum Gasteiger partial charge on any atom is -0.303 e. The molecule has 0 bridgehead atoms. The minimum atomic E-state index is -0.390. The zero-order chi connectivity index (χ0) is 10.7. The van der Waals surface area contributed by atoms with Gasteiger partial charge < -0.3 is 4.57 Å². The van der Waals surface area contributed by atoms with Crippen molar-refractivity contribution in [2.24, 2.45) is 7.05 Å². The van der Waals surface area contributed by atoms with Gasteiger partial charge in [-0.25, -0.2) is 4.79 Å². The predicted octanol–water partition coefficient (Wildman–Crippen LogP) is -0.474. The van der Waals surface area contributed by atoms with E-state index in [9.17, 15) is 14.4 Å². The molecule has 1 heterocycles. The summed E-state index contributed by atoms with van der Waals surface area (Å²) in [5.41, 5.74) is -0.756. The van der Waals surface area contributed by atoms with Crippen LogP contribution in [-0.2, 0) is 18.4 Å².